The van der Waals surface area contributed by atoms with E-state index in [1.54, 1.807) is 0 Å². The van der Waals surface area contributed by atoms with Gasteiger partial charge in [0.05, 0.1) is 11.6 Å². The average Bonchev–Trinajstić information content (AvgIpc) is 2.42. The van der Waals surface area contributed by atoms with E-state index >= 15 is 0 Å². The fourth-order valence-corrected chi connectivity index (χ4v) is 6.51. The zero-order valence-electron chi connectivity index (χ0n) is 11.4. The number of nitriles is 1. The minimum absolute atomic E-state index is 0.334. The van der Waals surface area contributed by atoms with Crippen LogP contribution in [0.25, 0.3) is 0 Å². The molecule has 4 aliphatic rings. The van der Waals surface area contributed by atoms with Crippen molar-refractivity contribution in [1.29, 1.82) is 5.26 Å². The quantitative estimate of drug-likeness (QED) is 0.615. The van der Waals surface area contributed by atoms with Crippen LogP contribution in [-0.4, -0.2) is 0 Å². The van der Waals surface area contributed by atoms with Gasteiger partial charge in [-0.1, -0.05) is 35.7 Å². The van der Waals surface area contributed by atoms with Gasteiger partial charge in [0, 0.05) is 19.6 Å². The second kappa shape index (κ2) is 4.09. The highest BCUT2D eigenvalue weighted by molar-refractivity contribution is 8.05. The van der Waals surface area contributed by atoms with E-state index in [9.17, 15) is 5.26 Å². The number of nitrogens with zero attached hydrogens (tertiary/aromatic N) is 1. The summed E-state index contributed by atoms with van der Waals surface area (Å²) in [5, 5.41) is 9.55. The standard InChI is InChI=1S/C18H13NS2/c19-10-12-5-6-15-17(16(12)18-7-11(8-18)9-18)21-14-4-2-1-3-13(14)20-15/h1-6,11H,7-9H2. The number of rotatable bonds is 1. The van der Waals surface area contributed by atoms with Crippen LogP contribution in [-0.2, 0) is 5.41 Å². The van der Waals surface area contributed by atoms with Crippen molar-refractivity contribution in [2.45, 2.75) is 44.3 Å². The maximum atomic E-state index is 9.55. The van der Waals surface area contributed by atoms with Gasteiger partial charge in [-0.3, -0.25) is 0 Å². The molecule has 0 atom stereocenters. The lowest BCUT2D eigenvalue weighted by Crippen LogP contribution is -2.55. The van der Waals surface area contributed by atoms with E-state index in [1.165, 1.54) is 44.4 Å². The molecule has 1 aliphatic heterocycles. The molecule has 0 spiro atoms. The summed E-state index contributed by atoms with van der Waals surface area (Å²) in [4.78, 5) is 5.36. The van der Waals surface area contributed by atoms with Crippen molar-refractivity contribution in [2.75, 3.05) is 0 Å². The van der Waals surface area contributed by atoms with E-state index in [0.29, 0.717) is 5.41 Å². The molecule has 0 unspecified atom stereocenters. The van der Waals surface area contributed by atoms with Gasteiger partial charge in [-0.15, -0.1) is 0 Å². The lowest BCUT2D eigenvalue weighted by molar-refractivity contribution is -0.0299. The van der Waals surface area contributed by atoms with Crippen LogP contribution >= 0.6 is 23.5 Å². The summed E-state index contributed by atoms with van der Waals surface area (Å²) in [5.74, 6) is 0.931. The largest absolute Gasteiger partial charge is 0.192 e. The average molecular weight is 307 g/mol. The normalized spacial score (nSPS) is 27.7. The molecular formula is C18H13NS2. The van der Waals surface area contributed by atoms with Crippen molar-refractivity contribution in [3.05, 3.63) is 47.5 Å². The SMILES string of the molecule is N#Cc1ccc2c(c1C13CC(C1)C3)Sc1ccccc1S2. The van der Waals surface area contributed by atoms with Gasteiger partial charge in [0.15, 0.2) is 0 Å². The monoisotopic (exact) mass is 307 g/mol. The highest BCUT2D eigenvalue weighted by Gasteiger charge is 2.59. The molecule has 6 rings (SSSR count). The second-order valence-electron chi connectivity index (χ2n) is 6.34. The number of hydrogen-bond donors (Lipinski definition) is 0. The van der Waals surface area contributed by atoms with Gasteiger partial charge < -0.3 is 0 Å². The lowest BCUT2D eigenvalue weighted by atomic mass is 9.42. The summed E-state index contributed by atoms with van der Waals surface area (Å²) in [5.41, 5.74) is 2.59. The van der Waals surface area contributed by atoms with E-state index in [2.05, 4.69) is 36.4 Å². The molecule has 1 nitrogen and oxygen atoms in total. The molecule has 3 saturated carbocycles. The summed E-state index contributed by atoms with van der Waals surface area (Å²) in [6.07, 6.45) is 3.89. The van der Waals surface area contributed by atoms with Gasteiger partial charge in [-0.25, -0.2) is 0 Å². The highest BCUT2D eigenvalue weighted by Crippen LogP contribution is 2.68. The molecule has 2 bridgehead atoms. The minimum atomic E-state index is 0.334. The molecule has 3 heteroatoms. The van der Waals surface area contributed by atoms with Crippen LogP contribution in [0.15, 0.2) is 56.0 Å². The smallest absolute Gasteiger partial charge is 0.0995 e. The fraction of sp³-hybridized carbons (Fsp3) is 0.278. The Labute approximate surface area is 132 Å². The predicted octanol–water partition coefficient (Wildman–Crippen LogP) is 5.23. The Morgan fingerprint density at radius 3 is 2.29 bits per heavy atom. The number of hydrogen-bond acceptors (Lipinski definition) is 3. The van der Waals surface area contributed by atoms with E-state index < -0.39 is 0 Å². The fourth-order valence-electron chi connectivity index (χ4n) is 4.00. The molecule has 3 aliphatic carbocycles. The Morgan fingerprint density at radius 2 is 1.67 bits per heavy atom. The van der Waals surface area contributed by atoms with Crippen molar-refractivity contribution in [2.24, 2.45) is 5.92 Å². The first-order valence-corrected chi connectivity index (χ1v) is 8.95. The number of fused-ring (bicyclic) bond motifs is 2. The van der Waals surface area contributed by atoms with Crippen molar-refractivity contribution in [3.63, 3.8) is 0 Å². The van der Waals surface area contributed by atoms with Gasteiger partial charge in [0.2, 0.25) is 0 Å². The molecule has 0 amide bonds. The Hall–Kier alpha value is -1.37. The topological polar surface area (TPSA) is 23.8 Å². The molecule has 0 N–H and O–H groups in total. The summed E-state index contributed by atoms with van der Waals surface area (Å²) < 4.78 is 0. The van der Waals surface area contributed by atoms with Crippen LogP contribution in [0.1, 0.15) is 30.4 Å². The first-order valence-electron chi connectivity index (χ1n) is 7.31. The zero-order chi connectivity index (χ0) is 14.0. The zero-order valence-corrected chi connectivity index (χ0v) is 13.1. The first kappa shape index (κ1) is 12.2. The van der Waals surface area contributed by atoms with E-state index in [-0.39, 0.29) is 0 Å². The van der Waals surface area contributed by atoms with Crippen molar-refractivity contribution < 1.29 is 0 Å². The van der Waals surface area contributed by atoms with Crippen molar-refractivity contribution in [3.8, 4) is 6.07 Å². The van der Waals surface area contributed by atoms with Gasteiger partial charge in [-0.05, 0) is 60.4 Å². The molecule has 0 saturated heterocycles. The van der Waals surface area contributed by atoms with Crippen LogP contribution < -0.4 is 0 Å². The second-order valence-corrected chi connectivity index (χ2v) is 8.47. The Balaban J connectivity index is 1.71. The van der Waals surface area contributed by atoms with Crippen LogP contribution in [0.4, 0.5) is 0 Å². The van der Waals surface area contributed by atoms with Crippen LogP contribution in [0.3, 0.4) is 0 Å². The third kappa shape index (κ3) is 1.55. The molecule has 2 aromatic carbocycles. The van der Waals surface area contributed by atoms with Gasteiger partial charge in [0.25, 0.3) is 0 Å². The highest BCUT2D eigenvalue weighted by atomic mass is 32.2. The van der Waals surface area contributed by atoms with Crippen LogP contribution in [0.2, 0.25) is 0 Å². The molecule has 1 heterocycles. The van der Waals surface area contributed by atoms with Crippen LogP contribution in [0.5, 0.6) is 0 Å². The van der Waals surface area contributed by atoms with Crippen molar-refractivity contribution in [1.82, 2.24) is 0 Å². The summed E-state index contributed by atoms with van der Waals surface area (Å²) in [6.45, 7) is 0. The summed E-state index contributed by atoms with van der Waals surface area (Å²) >= 11 is 3.72. The molecular weight excluding hydrogens is 294 g/mol. The molecule has 102 valence electrons. The molecule has 2 aromatic rings. The molecule has 0 aromatic heterocycles. The maximum absolute atomic E-state index is 9.55. The molecule has 3 fully saturated rings. The minimum Gasteiger partial charge on any atom is -0.192 e. The molecule has 21 heavy (non-hydrogen) atoms. The Kier molecular flexibility index (Phi) is 2.38. The predicted molar refractivity (Wildman–Crippen MR) is 84.9 cm³/mol. The van der Waals surface area contributed by atoms with Gasteiger partial charge in [-0.2, -0.15) is 5.26 Å². The van der Waals surface area contributed by atoms with Gasteiger partial charge >= 0.3 is 0 Å². The van der Waals surface area contributed by atoms with Gasteiger partial charge in [0.1, 0.15) is 0 Å². The third-order valence-corrected chi connectivity index (χ3v) is 7.69. The van der Waals surface area contributed by atoms with Crippen molar-refractivity contribution >= 4 is 23.5 Å². The Morgan fingerprint density at radius 1 is 0.952 bits per heavy atom. The summed E-state index contributed by atoms with van der Waals surface area (Å²) in [7, 11) is 0. The van der Waals surface area contributed by atoms with E-state index in [1.807, 2.05) is 29.6 Å². The third-order valence-electron chi connectivity index (χ3n) is 5.09. The molecule has 0 radical (unpaired) electrons. The maximum Gasteiger partial charge on any atom is 0.0995 e. The number of benzene rings is 2. The van der Waals surface area contributed by atoms with E-state index in [4.69, 9.17) is 0 Å². The first-order chi connectivity index (χ1) is 10.3. The van der Waals surface area contributed by atoms with E-state index in [0.717, 1.165) is 11.5 Å². The Bertz CT molecular complexity index is 801. The lowest BCUT2D eigenvalue weighted by Gasteiger charge is -2.63. The van der Waals surface area contributed by atoms with Crippen LogP contribution in [0, 0.1) is 17.2 Å². The summed E-state index contributed by atoms with van der Waals surface area (Å²) in [6, 6.07) is 15.2.